The van der Waals surface area contributed by atoms with Gasteiger partial charge in [0.05, 0.1) is 18.5 Å². The highest BCUT2D eigenvalue weighted by molar-refractivity contribution is 5.98. The number of nitrogens with two attached hydrogens (primary N) is 1. The molecule has 4 aromatic rings. The number of hydrogen-bond acceptors (Lipinski definition) is 7. The second kappa shape index (κ2) is 10.5. The summed E-state index contributed by atoms with van der Waals surface area (Å²) in [5.41, 5.74) is 12.8. The molecule has 4 heterocycles. The molecule has 1 fully saturated rings. The van der Waals surface area contributed by atoms with Crippen molar-refractivity contribution in [2.24, 2.45) is 0 Å². The molecular weight excluding hydrogens is 490 g/mol. The maximum absolute atomic E-state index is 12.3. The first-order valence-electron chi connectivity index (χ1n) is 13.4. The van der Waals surface area contributed by atoms with E-state index in [1.807, 2.05) is 15.6 Å². The normalized spacial score (nSPS) is 17.7. The zero-order chi connectivity index (χ0) is 26.9. The molecule has 2 aromatic carbocycles. The first kappa shape index (κ1) is 25.1. The van der Waals surface area contributed by atoms with Crippen LogP contribution in [0.25, 0.3) is 22.3 Å². The molecule has 0 saturated carbocycles. The van der Waals surface area contributed by atoms with Crippen LogP contribution in [-0.2, 0) is 24.3 Å². The Morgan fingerprint density at radius 2 is 2.00 bits per heavy atom. The van der Waals surface area contributed by atoms with Crippen LogP contribution in [0.5, 0.6) is 5.75 Å². The summed E-state index contributed by atoms with van der Waals surface area (Å²) < 4.78 is 7.31. The Hall–Kier alpha value is -4.24. The fraction of sp³-hybridized carbons (Fsp3) is 0.333. The van der Waals surface area contributed by atoms with Gasteiger partial charge < -0.3 is 15.4 Å². The van der Waals surface area contributed by atoms with E-state index >= 15 is 0 Å². The third kappa shape index (κ3) is 4.85. The van der Waals surface area contributed by atoms with Gasteiger partial charge in [0.15, 0.2) is 5.65 Å². The number of benzene rings is 2. The molecule has 0 spiro atoms. The summed E-state index contributed by atoms with van der Waals surface area (Å²) in [6, 6.07) is 14.9. The van der Waals surface area contributed by atoms with Crippen LogP contribution >= 0.6 is 0 Å². The Bertz CT molecular complexity index is 1530. The Morgan fingerprint density at radius 3 is 2.79 bits per heavy atom. The Morgan fingerprint density at radius 1 is 1.15 bits per heavy atom. The highest BCUT2D eigenvalue weighted by Gasteiger charge is 2.28. The number of methoxy groups -OCH3 is 1. The zero-order valence-corrected chi connectivity index (χ0v) is 22.2. The highest BCUT2D eigenvalue weighted by Crippen LogP contribution is 2.34. The number of nitrogens with zero attached hydrogens (tertiary/aromatic N) is 6. The number of rotatable bonds is 6. The predicted octanol–water partition coefficient (Wildman–Crippen LogP) is 3.99. The molecule has 39 heavy (non-hydrogen) atoms. The van der Waals surface area contributed by atoms with E-state index in [0.29, 0.717) is 18.0 Å². The van der Waals surface area contributed by atoms with Gasteiger partial charge in [-0.1, -0.05) is 36.9 Å². The van der Waals surface area contributed by atoms with Crippen molar-refractivity contribution < 1.29 is 9.53 Å². The molecule has 2 aliphatic rings. The van der Waals surface area contributed by atoms with E-state index in [4.69, 9.17) is 15.6 Å². The minimum Gasteiger partial charge on any atom is -0.497 e. The van der Waals surface area contributed by atoms with Crippen LogP contribution in [0.2, 0.25) is 0 Å². The predicted molar refractivity (Wildman–Crippen MR) is 151 cm³/mol. The van der Waals surface area contributed by atoms with Crippen molar-refractivity contribution in [3.63, 3.8) is 0 Å². The maximum Gasteiger partial charge on any atom is 0.246 e. The van der Waals surface area contributed by atoms with E-state index in [-0.39, 0.29) is 11.9 Å². The van der Waals surface area contributed by atoms with Crippen molar-refractivity contribution in [1.82, 2.24) is 29.5 Å². The molecule has 2 aromatic heterocycles. The number of aromatic nitrogens is 4. The van der Waals surface area contributed by atoms with Crippen LogP contribution in [0.3, 0.4) is 0 Å². The summed E-state index contributed by atoms with van der Waals surface area (Å²) in [6.45, 7) is 7.75. The largest absolute Gasteiger partial charge is 0.497 e. The van der Waals surface area contributed by atoms with Gasteiger partial charge in [0, 0.05) is 38.3 Å². The van der Waals surface area contributed by atoms with Crippen molar-refractivity contribution in [2.75, 3.05) is 32.5 Å². The highest BCUT2D eigenvalue weighted by atomic mass is 16.5. The maximum atomic E-state index is 12.3. The van der Waals surface area contributed by atoms with Gasteiger partial charge in [-0.05, 0) is 54.2 Å². The number of carbonyl (C=O) groups is 1. The lowest BCUT2D eigenvalue weighted by atomic mass is 9.98. The summed E-state index contributed by atoms with van der Waals surface area (Å²) in [5, 5.41) is 5.75. The fourth-order valence-corrected chi connectivity index (χ4v) is 5.81. The smallest absolute Gasteiger partial charge is 0.246 e. The molecule has 0 bridgehead atoms. The number of anilines is 1. The number of piperidine rings is 1. The van der Waals surface area contributed by atoms with Gasteiger partial charge >= 0.3 is 0 Å². The third-order valence-electron chi connectivity index (χ3n) is 7.89. The van der Waals surface area contributed by atoms with Crippen LogP contribution in [0.15, 0.2) is 61.4 Å². The average Bonchev–Trinajstić information content (AvgIpc) is 3.38. The molecule has 1 unspecified atom stereocenters. The Kier molecular flexibility index (Phi) is 6.74. The van der Waals surface area contributed by atoms with Gasteiger partial charge in [0.25, 0.3) is 0 Å². The molecule has 9 nitrogen and oxygen atoms in total. The Labute approximate surface area is 227 Å². The van der Waals surface area contributed by atoms with Gasteiger partial charge in [-0.3, -0.25) is 9.69 Å². The van der Waals surface area contributed by atoms with Gasteiger partial charge in [-0.25, -0.2) is 14.6 Å². The van der Waals surface area contributed by atoms with E-state index in [0.717, 1.165) is 67.8 Å². The number of ether oxygens (including phenoxy) is 1. The van der Waals surface area contributed by atoms with Crippen LogP contribution < -0.4 is 10.5 Å². The molecule has 2 N–H and O–H groups in total. The monoisotopic (exact) mass is 523 g/mol. The molecule has 6 rings (SSSR count). The number of nitrogen functional groups attached to an aromatic ring is 1. The molecule has 200 valence electrons. The van der Waals surface area contributed by atoms with Crippen molar-refractivity contribution in [3.8, 4) is 17.0 Å². The van der Waals surface area contributed by atoms with Gasteiger partial charge in [-0.2, -0.15) is 5.10 Å². The van der Waals surface area contributed by atoms with E-state index < -0.39 is 0 Å². The van der Waals surface area contributed by atoms with Gasteiger partial charge in [0.1, 0.15) is 23.6 Å². The summed E-state index contributed by atoms with van der Waals surface area (Å²) in [4.78, 5) is 25.4. The first-order chi connectivity index (χ1) is 19.0. The molecule has 0 radical (unpaired) electrons. The van der Waals surface area contributed by atoms with E-state index in [9.17, 15) is 4.79 Å². The molecule has 2 aliphatic heterocycles. The van der Waals surface area contributed by atoms with E-state index in [1.165, 1.54) is 29.1 Å². The topological polar surface area (TPSA) is 102 Å². The number of hydrogen-bond donors (Lipinski definition) is 1. The van der Waals surface area contributed by atoms with Crippen LogP contribution in [0.1, 0.15) is 35.6 Å². The van der Waals surface area contributed by atoms with Crippen molar-refractivity contribution in [3.05, 3.63) is 78.1 Å². The van der Waals surface area contributed by atoms with Crippen LogP contribution in [0, 0.1) is 0 Å². The third-order valence-corrected chi connectivity index (χ3v) is 7.89. The minimum atomic E-state index is -0.0574. The van der Waals surface area contributed by atoms with Crippen LogP contribution in [-0.4, -0.2) is 62.2 Å². The lowest BCUT2D eigenvalue weighted by Gasteiger charge is -2.32. The number of fused-ring (bicyclic) bond motifs is 2. The van der Waals surface area contributed by atoms with Crippen molar-refractivity contribution >= 4 is 22.8 Å². The van der Waals surface area contributed by atoms with E-state index in [2.05, 4.69) is 57.8 Å². The summed E-state index contributed by atoms with van der Waals surface area (Å²) in [5.74, 6) is 1.27. The van der Waals surface area contributed by atoms with Gasteiger partial charge in [-0.15, -0.1) is 0 Å². The number of carbonyl (C=O) groups excluding carboxylic acids is 1. The molecule has 1 saturated heterocycles. The number of likely N-dealkylation sites (tertiary alicyclic amines) is 1. The van der Waals surface area contributed by atoms with E-state index in [1.54, 1.807) is 7.11 Å². The molecule has 0 aliphatic carbocycles. The molecular formula is C30H33N7O2. The summed E-state index contributed by atoms with van der Waals surface area (Å²) >= 11 is 0. The molecule has 9 heteroatoms. The second-order valence-corrected chi connectivity index (χ2v) is 10.3. The number of amides is 1. The quantitative estimate of drug-likeness (QED) is 0.381. The average molecular weight is 524 g/mol. The molecule has 1 atom stereocenters. The standard InChI is InChI=1S/C30H33N7O2/c1-3-26(38)36-13-4-5-24(18-36)37-30-27(29(31)32-19-33-30)28(34-37)21-8-6-20(7-9-21)16-35-14-12-22-15-25(39-2)11-10-23(22)17-35/h3,6-11,15,19,24H,1,4-5,12-14,16-18H2,2H3,(H2,31,32,33). The second-order valence-electron chi connectivity index (χ2n) is 10.3. The van der Waals surface area contributed by atoms with Gasteiger partial charge in [0.2, 0.25) is 5.91 Å². The molecule has 1 amide bonds. The first-order valence-corrected chi connectivity index (χ1v) is 13.4. The summed E-state index contributed by atoms with van der Waals surface area (Å²) in [7, 11) is 1.71. The van der Waals surface area contributed by atoms with Crippen LogP contribution in [0.4, 0.5) is 5.82 Å². The lowest BCUT2D eigenvalue weighted by molar-refractivity contribution is -0.127. The zero-order valence-electron chi connectivity index (χ0n) is 22.2. The lowest BCUT2D eigenvalue weighted by Crippen LogP contribution is -2.40. The van der Waals surface area contributed by atoms with Crippen molar-refractivity contribution in [2.45, 2.75) is 38.4 Å². The minimum absolute atomic E-state index is 0.00872. The van der Waals surface area contributed by atoms with Crippen molar-refractivity contribution in [1.29, 1.82) is 0 Å². The fourth-order valence-electron chi connectivity index (χ4n) is 5.81. The summed E-state index contributed by atoms with van der Waals surface area (Å²) in [6.07, 6.45) is 5.67. The Balaban J connectivity index is 1.24. The SMILES string of the molecule is C=CC(=O)N1CCCC(n2nc(-c3ccc(CN4CCc5cc(OC)ccc5C4)cc3)c3c(N)ncnc32)C1.